The second-order valence-electron chi connectivity index (χ2n) is 5.85. The Labute approximate surface area is 125 Å². The van der Waals surface area contributed by atoms with Crippen molar-refractivity contribution < 1.29 is 4.74 Å². The summed E-state index contributed by atoms with van der Waals surface area (Å²) in [6.07, 6.45) is 2.60. The molecule has 0 saturated heterocycles. The van der Waals surface area contributed by atoms with Crippen LogP contribution in [0.1, 0.15) is 37.0 Å². The van der Waals surface area contributed by atoms with E-state index in [0.717, 1.165) is 36.8 Å². The molecule has 3 rings (SSSR count). The van der Waals surface area contributed by atoms with Crippen LogP contribution in [0.15, 0.2) is 36.5 Å². The number of hydrogen-bond donors (Lipinski definition) is 1. The molecule has 1 aromatic carbocycles. The standard InChI is InChI=1S/C17H21N3O/c1-12(2)10-18-11-14-7-8-19-17(20-14)16-9-13-5-3-4-6-15(13)21-16/h3-8,12,16,18H,9-11H2,1-2H3. The Balaban J connectivity index is 1.67. The van der Waals surface area contributed by atoms with Crippen LogP contribution in [-0.2, 0) is 13.0 Å². The largest absolute Gasteiger partial charge is 0.482 e. The molecular weight excluding hydrogens is 262 g/mol. The molecule has 1 unspecified atom stereocenters. The molecule has 0 amide bonds. The summed E-state index contributed by atoms with van der Waals surface area (Å²) in [6, 6.07) is 10.1. The molecule has 0 bridgehead atoms. The molecule has 1 aliphatic rings. The van der Waals surface area contributed by atoms with Crippen LogP contribution in [0, 0.1) is 5.92 Å². The van der Waals surface area contributed by atoms with Crippen molar-refractivity contribution in [2.45, 2.75) is 32.9 Å². The number of hydrogen-bond acceptors (Lipinski definition) is 4. The van der Waals surface area contributed by atoms with Crippen molar-refractivity contribution in [3.63, 3.8) is 0 Å². The Morgan fingerprint density at radius 3 is 2.95 bits per heavy atom. The normalized spacial score (nSPS) is 16.8. The van der Waals surface area contributed by atoms with Crippen LogP contribution < -0.4 is 10.1 Å². The van der Waals surface area contributed by atoms with E-state index in [-0.39, 0.29) is 6.10 Å². The van der Waals surface area contributed by atoms with Gasteiger partial charge in [0.15, 0.2) is 11.9 Å². The maximum atomic E-state index is 5.95. The lowest BCUT2D eigenvalue weighted by Gasteiger charge is -2.11. The lowest BCUT2D eigenvalue weighted by Crippen LogP contribution is -2.20. The molecule has 1 N–H and O–H groups in total. The number of aromatic nitrogens is 2. The average Bonchev–Trinajstić information content (AvgIpc) is 2.91. The van der Waals surface area contributed by atoms with Crippen molar-refractivity contribution >= 4 is 0 Å². The van der Waals surface area contributed by atoms with Gasteiger partial charge in [0.05, 0.1) is 5.69 Å². The zero-order valence-corrected chi connectivity index (χ0v) is 12.5. The maximum absolute atomic E-state index is 5.95. The summed E-state index contributed by atoms with van der Waals surface area (Å²) in [7, 11) is 0. The van der Waals surface area contributed by atoms with Crippen molar-refractivity contribution in [2.24, 2.45) is 5.92 Å². The van der Waals surface area contributed by atoms with Crippen molar-refractivity contribution in [2.75, 3.05) is 6.54 Å². The number of ether oxygens (including phenoxy) is 1. The van der Waals surface area contributed by atoms with Gasteiger partial charge in [0.2, 0.25) is 0 Å². The second kappa shape index (κ2) is 6.22. The quantitative estimate of drug-likeness (QED) is 0.916. The van der Waals surface area contributed by atoms with Gasteiger partial charge in [-0.2, -0.15) is 0 Å². The Bertz CT molecular complexity index is 587. The Morgan fingerprint density at radius 1 is 1.29 bits per heavy atom. The zero-order valence-electron chi connectivity index (χ0n) is 12.5. The van der Waals surface area contributed by atoms with Gasteiger partial charge in [-0.25, -0.2) is 9.97 Å². The molecule has 4 heteroatoms. The molecular formula is C17H21N3O. The Morgan fingerprint density at radius 2 is 2.14 bits per heavy atom. The van der Waals surface area contributed by atoms with E-state index in [2.05, 4.69) is 35.2 Å². The van der Waals surface area contributed by atoms with E-state index in [1.165, 1.54) is 5.56 Å². The van der Waals surface area contributed by atoms with Crippen molar-refractivity contribution in [3.8, 4) is 5.75 Å². The first-order valence-electron chi connectivity index (χ1n) is 7.49. The Kier molecular flexibility index (Phi) is 4.15. The van der Waals surface area contributed by atoms with Gasteiger partial charge in [0, 0.05) is 19.2 Å². The molecule has 1 aliphatic heterocycles. The van der Waals surface area contributed by atoms with E-state index in [1.54, 1.807) is 0 Å². The first kappa shape index (κ1) is 14.0. The number of nitrogens with one attached hydrogen (secondary N) is 1. The van der Waals surface area contributed by atoms with Crippen LogP contribution in [0.5, 0.6) is 5.75 Å². The first-order chi connectivity index (χ1) is 10.2. The monoisotopic (exact) mass is 283 g/mol. The molecule has 110 valence electrons. The van der Waals surface area contributed by atoms with Gasteiger partial charge in [-0.05, 0) is 30.2 Å². The molecule has 21 heavy (non-hydrogen) atoms. The van der Waals surface area contributed by atoms with Crippen LogP contribution in [-0.4, -0.2) is 16.5 Å². The smallest absolute Gasteiger partial charge is 0.169 e. The van der Waals surface area contributed by atoms with Gasteiger partial charge in [-0.3, -0.25) is 0 Å². The summed E-state index contributed by atoms with van der Waals surface area (Å²) in [4.78, 5) is 9.02. The van der Waals surface area contributed by atoms with Crippen LogP contribution in [0.25, 0.3) is 0 Å². The first-order valence-corrected chi connectivity index (χ1v) is 7.49. The predicted octanol–water partition coefficient (Wildman–Crippen LogP) is 2.90. The summed E-state index contributed by atoms with van der Waals surface area (Å²) in [5, 5.41) is 3.40. The van der Waals surface area contributed by atoms with Crippen LogP contribution in [0.3, 0.4) is 0 Å². The highest BCUT2D eigenvalue weighted by molar-refractivity contribution is 5.38. The fourth-order valence-electron chi connectivity index (χ4n) is 2.48. The van der Waals surface area contributed by atoms with Crippen LogP contribution in [0.2, 0.25) is 0 Å². The zero-order chi connectivity index (χ0) is 14.7. The minimum Gasteiger partial charge on any atom is -0.482 e. The maximum Gasteiger partial charge on any atom is 0.169 e. The number of para-hydroxylation sites is 1. The van der Waals surface area contributed by atoms with Crippen molar-refractivity contribution in [3.05, 3.63) is 53.6 Å². The number of fused-ring (bicyclic) bond motifs is 1. The summed E-state index contributed by atoms with van der Waals surface area (Å²) >= 11 is 0. The third kappa shape index (κ3) is 3.39. The van der Waals surface area contributed by atoms with Crippen molar-refractivity contribution in [1.82, 2.24) is 15.3 Å². The van der Waals surface area contributed by atoms with Gasteiger partial charge < -0.3 is 10.1 Å². The summed E-state index contributed by atoms with van der Waals surface area (Å²) < 4.78 is 5.95. The molecule has 0 spiro atoms. The average molecular weight is 283 g/mol. The molecule has 0 aliphatic carbocycles. The highest BCUT2D eigenvalue weighted by Gasteiger charge is 2.26. The molecule has 2 heterocycles. The van der Waals surface area contributed by atoms with E-state index in [9.17, 15) is 0 Å². The highest BCUT2D eigenvalue weighted by atomic mass is 16.5. The summed E-state index contributed by atoms with van der Waals surface area (Å²) in [5.41, 5.74) is 2.25. The van der Waals surface area contributed by atoms with Crippen molar-refractivity contribution in [1.29, 1.82) is 0 Å². The number of rotatable bonds is 5. The van der Waals surface area contributed by atoms with E-state index in [1.807, 2.05) is 30.5 Å². The van der Waals surface area contributed by atoms with Gasteiger partial charge >= 0.3 is 0 Å². The van der Waals surface area contributed by atoms with E-state index in [0.29, 0.717) is 5.92 Å². The summed E-state index contributed by atoms with van der Waals surface area (Å²) in [6.45, 7) is 6.15. The SMILES string of the molecule is CC(C)CNCc1ccnc(C2Cc3ccccc3O2)n1. The van der Waals surface area contributed by atoms with Crippen LogP contribution >= 0.6 is 0 Å². The summed E-state index contributed by atoms with van der Waals surface area (Å²) in [5.74, 6) is 2.36. The van der Waals surface area contributed by atoms with E-state index in [4.69, 9.17) is 4.74 Å². The van der Waals surface area contributed by atoms with E-state index < -0.39 is 0 Å². The molecule has 1 atom stereocenters. The third-order valence-corrected chi connectivity index (χ3v) is 3.53. The molecule has 1 aromatic heterocycles. The molecule has 0 fully saturated rings. The minimum atomic E-state index is -0.0625. The molecule has 0 radical (unpaired) electrons. The topological polar surface area (TPSA) is 47.0 Å². The van der Waals surface area contributed by atoms with Gasteiger partial charge in [0.25, 0.3) is 0 Å². The fourth-order valence-corrected chi connectivity index (χ4v) is 2.48. The molecule has 0 saturated carbocycles. The lowest BCUT2D eigenvalue weighted by molar-refractivity contribution is 0.227. The van der Waals surface area contributed by atoms with E-state index >= 15 is 0 Å². The fraction of sp³-hybridized carbons (Fsp3) is 0.412. The van der Waals surface area contributed by atoms with Crippen LogP contribution in [0.4, 0.5) is 0 Å². The second-order valence-corrected chi connectivity index (χ2v) is 5.85. The number of nitrogens with zero attached hydrogens (tertiary/aromatic N) is 2. The van der Waals surface area contributed by atoms with Gasteiger partial charge in [-0.1, -0.05) is 32.0 Å². The minimum absolute atomic E-state index is 0.0625. The number of benzene rings is 1. The Hall–Kier alpha value is -1.94. The van der Waals surface area contributed by atoms with Gasteiger partial charge in [-0.15, -0.1) is 0 Å². The molecule has 2 aromatic rings. The lowest BCUT2D eigenvalue weighted by atomic mass is 10.1. The highest BCUT2D eigenvalue weighted by Crippen LogP contribution is 2.34. The predicted molar refractivity (Wildman–Crippen MR) is 82.1 cm³/mol. The molecule has 4 nitrogen and oxygen atoms in total. The third-order valence-electron chi connectivity index (χ3n) is 3.53. The van der Waals surface area contributed by atoms with Gasteiger partial charge in [0.1, 0.15) is 5.75 Å².